The van der Waals surface area contributed by atoms with E-state index in [4.69, 9.17) is 5.11 Å². The number of fused-ring (bicyclic) bond motifs is 1. The number of aromatic hydroxyl groups is 1. The maximum Gasteiger partial charge on any atom is 0.404 e. The molecule has 3 N–H and O–H groups in total. The van der Waals surface area contributed by atoms with Crippen molar-refractivity contribution in [2.75, 3.05) is 18.0 Å². The van der Waals surface area contributed by atoms with Gasteiger partial charge in [-0.05, 0) is 36.8 Å². The number of phenolic OH excluding ortho intramolecular Hbond substituents is 1. The van der Waals surface area contributed by atoms with Crippen molar-refractivity contribution in [3.05, 3.63) is 48.3 Å². The quantitative estimate of drug-likeness (QED) is 0.618. The summed E-state index contributed by atoms with van der Waals surface area (Å²) < 4.78 is 13.8. The second kappa shape index (κ2) is 7.85. The summed E-state index contributed by atoms with van der Waals surface area (Å²) in [6.45, 7) is 1.00. The van der Waals surface area contributed by atoms with Crippen LogP contribution in [-0.2, 0) is 0 Å². The summed E-state index contributed by atoms with van der Waals surface area (Å²) in [4.78, 5) is 21.9. The maximum atomic E-state index is 13.8. The number of carboxylic acid groups (broad SMARTS) is 1. The fourth-order valence-corrected chi connectivity index (χ4v) is 3.35. The first-order valence-electron chi connectivity index (χ1n) is 8.51. The van der Waals surface area contributed by atoms with Gasteiger partial charge in [0.25, 0.3) is 0 Å². The van der Waals surface area contributed by atoms with E-state index in [-0.39, 0.29) is 24.2 Å². The van der Waals surface area contributed by atoms with Crippen molar-refractivity contribution >= 4 is 35.2 Å². The van der Waals surface area contributed by atoms with Gasteiger partial charge in [-0.3, -0.25) is 0 Å². The average Bonchev–Trinajstić information content (AvgIpc) is 3.09. The topological polar surface area (TPSA) is 98.6 Å². The summed E-state index contributed by atoms with van der Waals surface area (Å²) in [6.07, 6.45) is -0.450. The Hall–Kier alpha value is -3.13. The Balaban J connectivity index is 0.00000225. The number of anilines is 1. The van der Waals surface area contributed by atoms with Gasteiger partial charge in [0.15, 0.2) is 5.82 Å². The molecule has 28 heavy (non-hydrogen) atoms. The molecule has 1 aliphatic rings. The molecular formula is C19H18ClFN4O3. The minimum Gasteiger partial charge on any atom is -0.507 e. The van der Waals surface area contributed by atoms with E-state index >= 15 is 0 Å². The van der Waals surface area contributed by atoms with Crippen LogP contribution in [-0.4, -0.2) is 45.4 Å². The number of rotatable bonds is 3. The number of hydrogen-bond donors (Lipinski definition) is 3. The third kappa shape index (κ3) is 3.77. The lowest BCUT2D eigenvalue weighted by Crippen LogP contribution is -2.36. The van der Waals surface area contributed by atoms with E-state index in [1.807, 2.05) is 4.90 Å². The Labute approximate surface area is 166 Å². The fraction of sp³-hybridized carbons (Fsp3) is 0.211. The van der Waals surface area contributed by atoms with Gasteiger partial charge in [-0.25, -0.2) is 19.2 Å². The summed E-state index contributed by atoms with van der Waals surface area (Å²) in [5.41, 5.74) is 1.03. The van der Waals surface area contributed by atoms with E-state index in [1.165, 1.54) is 12.1 Å². The second-order valence-electron chi connectivity index (χ2n) is 6.43. The Morgan fingerprint density at radius 3 is 2.75 bits per heavy atom. The van der Waals surface area contributed by atoms with Gasteiger partial charge in [-0.1, -0.05) is 12.1 Å². The smallest absolute Gasteiger partial charge is 0.404 e. The standard InChI is InChI=1S/C19H17FN4O3.ClH/c20-11-5-6-15-14(9-11)18(24-8-7-12(10-24)21-19(26)27)23-17(22-15)13-3-1-2-4-16(13)25;/h1-6,9,12,21,25H,7-8,10H2,(H,26,27);1H. The molecule has 0 radical (unpaired) electrons. The lowest BCUT2D eigenvalue weighted by molar-refractivity contribution is 0.191. The van der Waals surface area contributed by atoms with Crippen molar-refractivity contribution < 1.29 is 19.4 Å². The molecular weight excluding hydrogens is 387 g/mol. The van der Waals surface area contributed by atoms with Crippen molar-refractivity contribution in [3.63, 3.8) is 0 Å². The zero-order valence-electron chi connectivity index (χ0n) is 14.7. The van der Waals surface area contributed by atoms with E-state index in [1.54, 1.807) is 30.3 Å². The van der Waals surface area contributed by atoms with Crippen LogP contribution in [0.5, 0.6) is 5.75 Å². The highest BCUT2D eigenvalue weighted by atomic mass is 35.5. The molecule has 1 saturated heterocycles. The van der Waals surface area contributed by atoms with Crippen LogP contribution in [0.4, 0.5) is 15.0 Å². The molecule has 2 aromatic carbocycles. The minimum atomic E-state index is -1.07. The summed E-state index contributed by atoms with van der Waals surface area (Å²) in [5.74, 6) is 0.503. The molecule has 0 bridgehead atoms. The van der Waals surface area contributed by atoms with Gasteiger partial charge in [-0.2, -0.15) is 0 Å². The predicted octanol–water partition coefficient (Wildman–Crippen LogP) is 3.41. The average molecular weight is 405 g/mol. The Morgan fingerprint density at radius 2 is 2.00 bits per heavy atom. The van der Waals surface area contributed by atoms with Crippen LogP contribution < -0.4 is 10.2 Å². The number of carbonyl (C=O) groups is 1. The largest absolute Gasteiger partial charge is 0.507 e. The lowest BCUT2D eigenvalue weighted by atomic mass is 10.1. The van der Waals surface area contributed by atoms with E-state index in [0.717, 1.165) is 0 Å². The molecule has 2 heterocycles. The molecule has 9 heteroatoms. The maximum absolute atomic E-state index is 13.8. The number of nitrogens with zero attached hydrogens (tertiary/aromatic N) is 3. The molecule has 146 valence electrons. The van der Waals surface area contributed by atoms with Crippen molar-refractivity contribution in [1.29, 1.82) is 0 Å². The van der Waals surface area contributed by atoms with Crippen molar-refractivity contribution in [2.45, 2.75) is 12.5 Å². The highest BCUT2D eigenvalue weighted by Gasteiger charge is 2.27. The highest BCUT2D eigenvalue weighted by Crippen LogP contribution is 2.33. The molecule has 1 unspecified atom stereocenters. The van der Waals surface area contributed by atoms with Crippen molar-refractivity contribution in [2.24, 2.45) is 0 Å². The normalized spacial score (nSPS) is 16.0. The van der Waals surface area contributed by atoms with Gasteiger partial charge in [0, 0.05) is 18.5 Å². The molecule has 3 aromatic rings. The van der Waals surface area contributed by atoms with Crippen LogP contribution in [0, 0.1) is 5.82 Å². The van der Waals surface area contributed by atoms with Crippen LogP contribution in [0.3, 0.4) is 0 Å². The monoisotopic (exact) mass is 404 g/mol. The number of aromatic nitrogens is 2. The van der Waals surface area contributed by atoms with E-state index in [0.29, 0.717) is 47.6 Å². The second-order valence-corrected chi connectivity index (χ2v) is 6.43. The number of benzene rings is 2. The Bertz CT molecular complexity index is 1030. The number of nitrogens with one attached hydrogen (secondary N) is 1. The van der Waals surface area contributed by atoms with E-state index < -0.39 is 11.9 Å². The first-order valence-corrected chi connectivity index (χ1v) is 8.51. The molecule has 1 fully saturated rings. The molecule has 1 aromatic heterocycles. The summed E-state index contributed by atoms with van der Waals surface area (Å²) >= 11 is 0. The zero-order chi connectivity index (χ0) is 19.0. The fourth-order valence-electron chi connectivity index (χ4n) is 3.35. The van der Waals surface area contributed by atoms with Gasteiger partial charge >= 0.3 is 6.09 Å². The molecule has 0 aliphatic carbocycles. The first-order chi connectivity index (χ1) is 13.0. The zero-order valence-corrected chi connectivity index (χ0v) is 15.5. The van der Waals surface area contributed by atoms with Crippen molar-refractivity contribution in [3.8, 4) is 17.1 Å². The number of para-hydroxylation sites is 1. The van der Waals surface area contributed by atoms with Crippen LogP contribution in [0.15, 0.2) is 42.5 Å². The molecule has 0 saturated carbocycles. The van der Waals surface area contributed by atoms with Crippen LogP contribution >= 0.6 is 12.4 Å². The number of amides is 1. The van der Waals surface area contributed by atoms with Crippen molar-refractivity contribution in [1.82, 2.24) is 15.3 Å². The SMILES string of the molecule is Cl.O=C(O)NC1CCN(c2nc(-c3ccccc3O)nc3ccc(F)cc23)C1. The molecule has 1 atom stereocenters. The predicted molar refractivity (Wildman–Crippen MR) is 106 cm³/mol. The van der Waals surface area contributed by atoms with Crippen LogP contribution in [0.2, 0.25) is 0 Å². The first kappa shape index (κ1) is 19.6. The van der Waals surface area contributed by atoms with E-state index in [9.17, 15) is 14.3 Å². The third-order valence-electron chi connectivity index (χ3n) is 4.60. The minimum absolute atomic E-state index is 0. The Kier molecular flexibility index (Phi) is 5.51. The van der Waals surface area contributed by atoms with Crippen LogP contribution in [0.1, 0.15) is 6.42 Å². The van der Waals surface area contributed by atoms with Gasteiger partial charge in [0.1, 0.15) is 17.4 Å². The van der Waals surface area contributed by atoms with Gasteiger partial charge in [0.2, 0.25) is 0 Å². The lowest BCUT2D eigenvalue weighted by Gasteiger charge is -2.20. The van der Waals surface area contributed by atoms with Gasteiger partial charge < -0.3 is 20.4 Å². The van der Waals surface area contributed by atoms with Crippen LogP contribution in [0.25, 0.3) is 22.3 Å². The summed E-state index contributed by atoms with van der Waals surface area (Å²) in [5, 5.41) is 22.1. The molecule has 7 nitrogen and oxygen atoms in total. The summed E-state index contributed by atoms with van der Waals surface area (Å²) in [7, 11) is 0. The third-order valence-corrected chi connectivity index (χ3v) is 4.60. The van der Waals surface area contributed by atoms with Gasteiger partial charge in [-0.15, -0.1) is 12.4 Å². The molecule has 1 aliphatic heterocycles. The van der Waals surface area contributed by atoms with Gasteiger partial charge in [0.05, 0.1) is 17.1 Å². The highest BCUT2D eigenvalue weighted by molar-refractivity contribution is 5.91. The number of phenols is 1. The molecule has 0 spiro atoms. The molecule has 4 rings (SSSR count). The number of hydrogen-bond acceptors (Lipinski definition) is 5. The Morgan fingerprint density at radius 1 is 1.21 bits per heavy atom. The number of halogens is 2. The van der Waals surface area contributed by atoms with E-state index in [2.05, 4.69) is 15.3 Å². The molecule has 1 amide bonds. The summed E-state index contributed by atoms with van der Waals surface area (Å²) in [6, 6.07) is 10.8.